The van der Waals surface area contributed by atoms with Crippen LogP contribution in [0.5, 0.6) is 0 Å². The summed E-state index contributed by atoms with van der Waals surface area (Å²) in [5.41, 5.74) is 0. The molecule has 0 radical (unpaired) electrons. The highest BCUT2D eigenvalue weighted by molar-refractivity contribution is 7.55. The van der Waals surface area contributed by atoms with Crippen LogP contribution in [0, 0.1) is 0 Å². The van der Waals surface area contributed by atoms with Gasteiger partial charge in [0.25, 0.3) is 0 Å². The summed E-state index contributed by atoms with van der Waals surface area (Å²) >= 11 is 0. The van der Waals surface area contributed by atoms with E-state index in [0.717, 1.165) is 0 Å². The van der Waals surface area contributed by atoms with Crippen LogP contribution in [0.25, 0.3) is 0 Å². The quantitative estimate of drug-likeness (QED) is 0.198. The Balaban J connectivity index is 3.85. The zero-order valence-corrected chi connectivity index (χ0v) is 17.1. The lowest BCUT2D eigenvalue weighted by atomic mass is 10.1. The predicted octanol–water partition coefficient (Wildman–Crippen LogP) is 7.45. The maximum atomic E-state index is 2.77. The first-order chi connectivity index (χ1) is 10.8. The summed E-state index contributed by atoms with van der Waals surface area (Å²) in [6.45, 7) is 11.8. The Labute approximate surface area is 143 Å². The second kappa shape index (κ2) is 17.7. The number of rotatable bonds is 17. The fraction of sp³-hybridized carbons (Fsp3) is 1.00. The maximum Gasteiger partial charge on any atom is -0.000766 e. The minimum atomic E-state index is 0.160. The van der Waals surface area contributed by atoms with Gasteiger partial charge in [0.1, 0.15) is 0 Å². The molecule has 0 heterocycles. The van der Waals surface area contributed by atoms with Crippen molar-refractivity contribution in [3.63, 3.8) is 0 Å². The SMILES string of the molecule is CCCCCCCCP(CCCCCCCC)N(CC)CC. The Morgan fingerprint density at radius 3 is 1.23 bits per heavy atom. The highest BCUT2D eigenvalue weighted by Crippen LogP contribution is 2.42. The molecule has 0 aromatic rings. The summed E-state index contributed by atoms with van der Waals surface area (Å²) in [5, 5.41) is 0. The average molecular weight is 330 g/mol. The van der Waals surface area contributed by atoms with Crippen LogP contribution in [0.15, 0.2) is 0 Å². The normalized spacial score (nSPS) is 11.7. The summed E-state index contributed by atoms with van der Waals surface area (Å²) in [4.78, 5) is 0. The van der Waals surface area contributed by atoms with E-state index in [-0.39, 0.29) is 8.07 Å². The van der Waals surface area contributed by atoms with Gasteiger partial charge in [-0.05, 0) is 46.3 Å². The van der Waals surface area contributed by atoms with E-state index in [2.05, 4.69) is 32.4 Å². The zero-order chi connectivity index (χ0) is 16.5. The molecule has 0 bridgehead atoms. The number of hydrogen-bond acceptors (Lipinski definition) is 1. The molecule has 0 unspecified atom stereocenters. The minimum absolute atomic E-state index is 0.160. The molecule has 0 amide bonds. The lowest BCUT2D eigenvalue weighted by Gasteiger charge is -2.30. The molecule has 0 aromatic carbocycles. The Kier molecular flexibility index (Phi) is 18.1. The van der Waals surface area contributed by atoms with Crippen molar-refractivity contribution in [2.75, 3.05) is 25.4 Å². The Bertz CT molecular complexity index is 188. The maximum absolute atomic E-state index is 2.77. The fourth-order valence-corrected chi connectivity index (χ4v) is 5.93. The van der Waals surface area contributed by atoms with Crippen molar-refractivity contribution in [1.82, 2.24) is 4.67 Å². The molecule has 2 heteroatoms. The molecule has 0 N–H and O–H groups in total. The van der Waals surface area contributed by atoms with Gasteiger partial charge in [-0.1, -0.05) is 91.9 Å². The largest absolute Gasteiger partial charge is 0.282 e. The van der Waals surface area contributed by atoms with E-state index in [1.807, 2.05) is 0 Å². The molecule has 0 saturated carbocycles. The van der Waals surface area contributed by atoms with Gasteiger partial charge in [0, 0.05) is 0 Å². The van der Waals surface area contributed by atoms with Gasteiger partial charge in [-0.2, -0.15) is 0 Å². The second-order valence-corrected chi connectivity index (χ2v) is 9.10. The van der Waals surface area contributed by atoms with Crippen LogP contribution in [0.4, 0.5) is 0 Å². The van der Waals surface area contributed by atoms with Crippen LogP contribution in [-0.2, 0) is 0 Å². The molecule has 0 fully saturated rings. The first-order valence-electron chi connectivity index (χ1n) is 10.3. The molecule has 0 aliphatic heterocycles. The van der Waals surface area contributed by atoms with E-state index in [0.29, 0.717) is 0 Å². The molecular formula is C20H44NP. The van der Waals surface area contributed by atoms with Gasteiger partial charge in [0.15, 0.2) is 0 Å². The molecule has 0 spiro atoms. The van der Waals surface area contributed by atoms with E-state index in [1.165, 1.54) is 102 Å². The monoisotopic (exact) mass is 329 g/mol. The second-order valence-electron chi connectivity index (χ2n) is 6.63. The smallest absolute Gasteiger partial charge is 0.000766 e. The van der Waals surface area contributed by atoms with Crippen LogP contribution in [-0.4, -0.2) is 30.1 Å². The molecule has 0 rings (SSSR count). The van der Waals surface area contributed by atoms with Gasteiger partial charge in [0.2, 0.25) is 0 Å². The molecular weight excluding hydrogens is 285 g/mol. The molecule has 0 aliphatic carbocycles. The summed E-state index contributed by atoms with van der Waals surface area (Å²) in [6.07, 6.45) is 20.3. The van der Waals surface area contributed by atoms with Gasteiger partial charge in [-0.15, -0.1) is 0 Å². The molecule has 0 aliphatic rings. The van der Waals surface area contributed by atoms with Crippen LogP contribution in [0.2, 0.25) is 0 Å². The van der Waals surface area contributed by atoms with Crippen LogP contribution >= 0.6 is 8.07 Å². The van der Waals surface area contributed by atoms with E-state index >= 15 is 0 Å². The topological polar surface area (TPSA) is 3.24 Å². The van der Waals surface area contributed by atoms with Gasteiger partial charge in [0.05, 0.1) is 0 Å². The van der Waals surface area contributed by atoms with Crippen molar-refractivity contribution >= 4 is 8.07 Å². The van der Waals surface area contributed by atoms with Crippen molar-refractivity contribution in [2.24, 2.45) is 0 Å². The first kappa shape index (κ1) is 22.4. The first-order valence-corrected chi connectivity index (χ1v) is 12.0. The minimum Gasteiger partial charge on any atom is -0.282 e. The number of nitrogens with zero attached hydrogens (tertiary/aromatic N) is 1. The van der Waals surface area contributed by atoms with Crippen molar-refractivity contribution in [3.05, 3.63) is 0 Å². The third-order valence-electron chi connectivity index (χ3n) is 4.67. The highest BCUT2D eigenvalue weighted by atomic mass is 31.1. The third kappa shape index (κ3) is 12.9. The Morgan fingerprint density at radius 1 is 0.500 bits per heavy atom. The standard InChI is InChI=1S/C20H44NP/c1-5-9-11-13-15-17-19-22(21(7-3)8-4)20-18-16-14-12-10-6-2/h5-20H2,1-4H3. The van der Waals surface area contributed by atoms with Gasteiger partial charge in [-0.3, -0.25) is 4.67 Å². The van der Waals surface area contributed by atoms with Crippen molar-refractivity contribution in [2.45, 2.75) is 105 Å². The predicted molar refractivity (Wildman–Crippen MR) is 106 cm³/mol. The van der Waals surface area contributed by atoms with Crippen molar-refractivity contribution < 1.29 is 0 Å². The van der Waals surface area contributed by atoms with Gasteiger partial charge >= 0.3 is 0 Å². The summed E-state index contributed by atoms with van der Waals surface area (Å²) < 4.78 is 2.77. The van der Waals surface area contributed by atoms with Gasteiger partial charge in [-0.25, -0.2) is 0 Å². The number of hydrogen-bond donors (Lipinski definition) is 0. The molecule has 134 valence electrons. The summed E-state index contributed by atoms with van der Waals surface area (Å²) in [7, 11) is 0.160. The average Bonchev–Trinajstić information content (AvgIpc) is 2.54. The fourth-order valence-electron chi connectivity index (χ4n) is 3.17. The lowest BCUT2D eigenvalue weighted by molar-refractivity contribution is 0.500. The molecule has 0 aromatic heterocycles. The summed E-state index contributed by atoms with van der Waals surface area (Å²) in [6, 6.07) is 0. The van der Waals surface area contributed by atoms with Gasteiger partial charge < -0.3 is 0 Å². The van der Waals surface area contributed by atoms with E-state index in [1.54, 1.807) is 0 Å². The van der Waals surface area contributed by atoms with Crippen LogP contribution in [0.3, 0.4) is 0 Å². The third-order valence-corrected chi connectivity index (χ3v) is 7.70. The lowest BCUT2D eigenvalue weighted by Crippen LogP contribution is -2.20. The number of unbranched alkanes of at least 4 members (excludes halogenated alkanes) is 10. The highest BCUT2D eigenvalue weighted by Gasteiger charge is 2.14. The van der Waals surface area contributed by atoms with E-state index in [4.69, 9.17) is 0 Å². The summed E-state index contributed by atoms with van der Waals surface area (Å²) in [5.74, 6) is 0. The van der Waals surface area contributed by atoms with Crippen LogP contribution in [0.1, 0.15) is 105 Å². The molecule has 0 atom stereocenters. The molecule has 0 saturated heterocycles. The van der Waals surface area contributed by atoms with E-state index < -0.39 is 0 Å². The zero-order valence-electron chi connectivity index (χ0n) is 16.2. The van der Waals surface area contributed by atoms with E-state index in [9.17, 15) is 0 Å². The van der Waals surface area contributed by atoms with Crippen LogP contribution < -0.4 is 0 Å². The molecule has 1 nitrogen and oxygen atoms in total. The Morgan fingerprint density at radius 2 is 0.864 bits per heavy atom. The van der Waals surface area contributed by atoms with Crippen molar-refractivity contribution in [1.29, 1.82) is 0 Å². The Hall–Kier alpha value is 0.390. The van der Waals surface area contributed by atoms with Crippen molar-refractivity contribution in [3.8, 4) is 0 Å². The molecule has 22 heavy (non-hydrogen) atoms.